The highest BCUT2D eigenvalue weighted by Crippen LogP contribution is 2.30. The highest BCUT2D eigenvalue weighted by Gasteiger charge is 2.24. The normalized spacial score (nSPS) is 11.3. The van der Waals surface area contributed by atoms with Crippen molar-refractivity contribution in [2.24, 2.45) is 0 Å². The maximum Gasteiger partial charge on any atom is 0.214 e. The molecule has 1 heterocycles. The summed E-state index contributed by atoms with van der Waals surface area (Å²) in [6, 6.07) is 3.90. The first-order valence-electron chi connectivity index (χ1n) is 5.98. The number of ether oxygens (including phenoxy) is 1. The molecule has 0 unspecified atom stereocenters. The van der Waals surface area contributed by atoms with Crippen molar-refractivity contribution in [2.45, 2.75) is 31.4 Å². The lowest BCUT2D eigenvalue weighted by molar-refractivity contribution is 0.398. The maximum atomic E-state index is 5.11. The summed E-state index contributed by atoms with van der Waals surface area (Å²) < 4.78 is 5.43. The van der Waals surface area contributed by atoms with Gasteiger partial charge in [0.25, 0.3) is 0 Å². The van der Waals surface area contributed by atoms with Gasteiger partial charge in [0.15, 0.2) is 0 Å². The van der Waals surface area contributed by atoms with Crippen LogP contribution in [0.4, 0.5) is 5.69 Å². The monoisotopic (exact) mass is 254 g/mol. The number of nitrogens with zero attached hydrogens (tertiary/aromatic N) is 1. The molecule has 1 aromatic heterocycles. The minimum Gasteiger partial charge on any atom is -0.481 e. The van der Waals surface area contributed by atoms with E-state index in [9.17, 15) is 0 Å². The van der Waals surface area contributed by atoms with Crippen LogP contribution in [-0.4, -0.2) is 29.6 Å². The molecular formula is C13H22N2OS. The Balaban J connectivity index is 2.65. The van der Waals surface area contributed by atoms with Crippen molar-refractivity contribution in [3.05, 3.63) is 18.3 Å². The average molecular weight is 254 g/mol. The summed E-state index contributed by atoms with van der Waals surface area (Å²) in [7, 11) is 1.64. The van der Waals surface area contributed by atoms with E-state index in [0.29, 0.717) is 10.6 Å². The van der Waals surface area contributed by atoms with Gasteiger partial charge in [-0.15, -0.1) is 0 Å². The zero-order valence-corrected chi connectivity index (χ0v) is 11.9. The van der Waals surface area contributed by atoms with Gasteiger partial charge in [0.2, 0.25) is 5.88 Å². The molecule has 0 saturated heterocycles. The topological polar surface area (TPSA) is 34.2 Å². The van der Waals surface area contributed by atoms with E-state index in [1.54, 1.807) is 13.3 Å². The summed E-state index contributed by atoms with van der Waals surface area (Å²) in [4.78, 5) is 4.10. The third-order valence-electron chi connectivity index (χ3n) is 3.28. The maximum absolute atomic E-state index is 5.11. The van der Waals surface area contributed by atoms with Crippen molar-refractivity contribution in [3.8, 4) is 5.88 Å². The molecule has 0 saturated carbocycles. The quantitative estimate of drug-likeness (QED) is 0.808. The van der Waals surface area contributed by atoms with Gasteiger partial charge in [-0.2, -0.15) is 11.8 Å². The minimum absolute atomic E-state index is 0.316. The van der Waals surface area contributed by atoms with Crippen LogP contribution in [0.25, 0.3) is 0 Å². The van der Waals surface area contributed by atoms with Crippen LogP contribution in [0, 0.1) is 0 Å². The number of hydrogen-bond donors (Lipinski definition) is 1. The molecule has 0 amide bonds. The molecule has 1 rings (SSSR count). The summed E-state index contributed by atoms with van der Waals surface area (Å²) in [5.41, 5.74) is 1.07. The molecule has 96 valence electrons. The van der Waals surface area contributed by atoms with Gasteiger partial charge < -0.3 is 10.1 Å². The number of pyridine rings is 1. The largest absolute Gasteiger partial charge is 0.481 e. The van der Waals surface area contributed by atoms with Crippen molar-refractivity contribution >= 4 is 17.4 Å². The predicted molar refractivity (Wildman–Crippen MR) is 76.1 cm³/mol. The van der Waals surface area contributed by atoms with Gasteiger partial charge in [0, 0.05) is 29.2 Å². The number of nitrogens with one attached hydrogen (secondary N) is 1. The Morgan fingerprint density at radius 1 is 1.41 bits per heavy atom. The molecule has 0 atom stereocenters. The molecule has 4 heteroatoms. The van der Waals surface area contributed by atoms with Gasteiger partial charge >= 0.3 is 0 Å². The smallest absolute Gasteiger partial charge is 0.214 e. The number of hydrogen-bond acceptors (Lipinski definition) is 4. The number of aromatic nitrogens is 1. The Kier molecular flexibility index (Phi) is 5.62. The van der Waals surface area contributed by atoms with Crippen LogP contribution in [0.1, 0.15) is 26.7 Å². The van der Waals surface area contributed by atoms with Crippen LogP contribution >= 0.6 is 11.8 Å². The molecule has 17 heavy (non-hydrogen) atoms. The zero-order valence-electron chi connectivity index (χ0n) is 11.1. The Morgan fingerprint density at radius 3 is 2.65 bits per heavy atom. The molecule has 0 aliphatic rings. The fraction of sp³-hybridized carbons (Fsp3) is 0.615. The SMILES string of the molecule is CCC(CC)(CNc1ccnc(OC)c1)SC. The van der Waals surface area contributed by atoms with E-state index in [1.165, 1.54) is 12.8 Å². The Bertz CT molecular complexity index is 332. The highest BCUT2D eigenvalue weighted by molar-refractivity contribution is 8.00. The third-order valence-corrected chi connectivity index (χ3v) is 4.87. The minimum atomic E-state index is 0.316. The average Bonchev–Trinajstić information content (AvgIpc) is 2.41. The van der Waals surface area contributed by atoms with E-state index in [1.807, 2.05) is 23.9 Å². The first kappa shape index (κ1) is 14.2. The van der Waals surface area contributed by atoms with Gasteiger partial charge in [-0.25, -0.2) is 4.98 Å². The first-order chi connectivity index (χ1) is 8.19. The van der Waals surface area contributed by atoms with Crippen LogP contribution in [0.2, 0.25) is 0 Å². The van der Waals surface area contributed by atoms with Crippen molar-refractivity contribution in [2.75, 3.05) is 25.2 Å². The fourth-order valence-electron chi connectivity index (χ4n) is 1.76. The first-order valence-corrected chi connectivity index (χ1v) is 7.21. The van der Waals surface area contributed by atoms with Crippen LogP contribution in [0.5, 0.6) is 5.88 Å². The van der Waals surface area contributed by atoms with E-state index in [4.69, 9.17) is 4.74 Å². The third kappa shape index (κ3) is 3.80. The Morgan fingerprint density at radius 2 is 2.12 bits per heavy atom. The second-order valence-electron chi connectivity index (χ2n) is 4.03. The lowest BCUT2D eigenvalue weighted by Gasteiger charge is -2.30. The highest BCUT2D eigenvalue weighted by atomic mass is 32.2. The van der Waals surface area contributed by atoms with Crippen molar-refractivity contribution in [1.29, 1.82) is 0 Å². The second kappa shape index (κ2) is 6.74. The summed E-state index contributed by atoms with van der Waals surface area (Å²) in [5, 5.41) is 3.47. The van der Waals surface area contributed by atoms with Crippen LogP contribution in [0.15, 0.2) is 18.3 Å². The molecule has 0 radical (unpaired) electrons. The van der Waals surface area contributed by atoms with E-state index in [-0.39, 0.29) is 0 Å². The van der Waals surface area contributed by atoms with Gasteiger partial charge in [-0.3, -0.25) is 0 Å². The van der Waals surface area contributed by atoms with Crippen molar-refractivity contribution < 1.29 is 4.74 Å². The Labute approximate surface area is 108 Å². The van der Waals surface area contributed by atoms with Gasteiger partial charge in [0.1, 0.15) is 0 Å². The predicted octanol–water partition coefficient (Wildman–Crippen LogP) is 3.42. The lowest BCUT2D eigenvalue weighted by atomic mass is 10.0. The van der Waals surface area contributed by atoms with Gasteiger partial charge in [-0.05, 0) is 25.2 Å². The molecule has 0 bridgehead atoms. The molecule has 0 aromatic carbocycles. The number of anilines is 1. The second-order valence-corrected chi connectivity index (χ2v) is 5.31. The number of thioether (sulfide) groups is 1. The van der Waals surface area contributed by atoms with E-state index < -0.39 is 0 Å². The summed E-state index contributed by atoms with van der Waals surface area (Å²) >= 11 is 1.94. The number of rotatable bonds is 7. The summed E-state index contributed by atoms with van der Waals surface area (Å²) in [5.74, 6) is 0.651. The molecule has 0 spiro atoms. The summed E-state index contributed by atoms with van der Waals surface area (Å²) in [6.45, 7) is 5.46. The molecule has 3 nitrogen and oxygen atoms in total. The molecule has 1 N–H and O–H groups in total. The van der Waals surface area contributed by atoms with Crippen LogP contribution < -0.4 is 10.1 Å². The molecular weight excluding hydrogens is 232 g/mol. The van der Waals surface area contributed by atoms with Crippen molar-refractivity contribution in [1.82, 2.24) is 4.98 Å². The zero-order chi connectivity index (χ0) is 12.7. The molecule has 0 aliphatic carbocycles. The molecule has 0 fully saturated rings. The van der Waals surface area contributed by atoms with E-state index in [0.717, 1.165) is 12.2 Å². The fourth-order valence-corrected chi connectivity index (χ4v) is 2.55. The Hall–Kier alpha value is -0.900. The molecule has 0 aliphatic heterocycles. The van der Waals surface area contributed by atoms with Gasteiger partial charge in [-0.1, -0.05) is 13.8 Å². The van der Waals surface area contributed by atoms with E-state index in [2.05, 4.69) is 30.4 Å². The lowest BCUT2D eigenvalue weighted by Crippen LogP contribution is -2.31. The molecule has 1 aromatic rings. The van der Waals surface area contributed by atoms with Crippen LogP contribution in [-0.2, 0) is 0 Å². The standard InChI is InChI=1S/C13H22N2OS/c1-5-13(6-2,17-4)10-15-11-7-8-14-12(9-11)16-3/h7-9H,5-6,10H2,1-4H3,(H,14,15). The van der Waals surface area contributed by atoms with Crippen molar-refractivity contribution in [3.63, 3.8) is 0 Å². The van der Waals surface area contributed by atoms with Crippen LogP contribution in [0.3, 0.4) is 0 Å². The summed E-state index contributed by atoms with van der Waals surface area (Å²) in [6.07, 6.45) is 6.28. The van der Waals surface area contributed by atoms with E-state index >= 15 is 0 Å². The van der Waals surface area contributed by atoms with Gasteiger partial charge in [0.05, 0.1) is 7.11 Å². The number of methoxy groups -OCH3 is 1.